The van der Waals surface area contributed by atoms with Crippen molar-refractivity contribution < 1.29 is 24.5 Å². The van der Waals surface area contributed by atoms with E-state index in [0.29, 0.717) is 6.61 Å². The van der Waals surface area contributed by atoms with E-state index >= 15 is 0 Å². The van der Waals surface area contributed by atoms with Gasteiger partial charge in [-0.15, -0.1) is 0 Å². The fraction of sp³-hybridized carbons (Fsp3) is 0.250. The van der Waals surface area contributed by atoms with E-state index in [0.717, 1.165) is 12.2 Å². The fourth-order valence-electron chi connectivity index (χ4n) is 0.151. The van der Waals surface area contributed by atoms with Crippen LogP contribution in [0.2, 0.25) is 0 Å². The lowest BCUT2D eigenvalue weighted by Crippen LogP contribution is -2.00. The predicted molar refractivity (Wildman–Crippen MR) is 45.7 cm³/mol. The maximum Gasteiger partial charge on any atom is 0.365 e. The maximum atomic E-state index is 10.1. The van der Waals surface area contributed by atoms with Crippen LogP contribution in [0.25, 0.3) is 0 Å². The molecule has 74 valence electrons. The van der Waals surface area contributed by atoms with Gasteiger partial charge in [0, 0.05) is 12.2 Å². The lowest BCUT2D eigenvalue weighted by Gasteiger charge is -1.93. The van der Waals surface area contributed by atoms with Gasteiger partial charge in [-0.05, 0) is 6.92 Å². The Kier molecular flexibility index (Phi) is 11.1. The van der Waals surface area contributed by atoms with Gasteiger partial charge in [0.05, 0.1) is 6.61 Å². The molecule has 13 heavy (non-hydrogen) atoms. The van der Waals surface area contributed by atoms with Crippen LogP contribution in [0.15, 0.2) is 25.3 Å². The summed E-state index contributed by atoms with van der Waals surface area (Å²) in [4.78, 5) is 27.7. The minimum Gasteiger partial charge on any atom is -0.478 e. The monoisotopic (exact) mass is 188 g/mol. The van der Waals surface area contributed by atoms with E-state index in [2.05, 4.69) is 22.9 Å². The molecule has 0 rings (SSSR count). The van der Waals surface area contributed by atoms with Crippen LogP contribution in [0.3, 0.4) is 0 Å². The van der Waals surface area contributed by atoms with Crippen molar-refractivity contribution in [2.45, 2.75) is 6.92 Å². The SMILES string of the molecule is C=CC(=O)O.C=CC(=O)OOCC. The summed E-state index contributed by atoms with van der Waals surface area (Å²) in [5.41, 5.74) is 0. The largest absolute Gasteiger partial charge is 0.478 e. The molecule has 0 atom stereocenters. The van der Waals surface area contributed by atoms with Gasteiger partial charge in [-0.3, -0.25) is 4.89 Å². The lowest BCUT2D eigenvalue weighted by molar-refractivity contribution is -0.264. The van der Waals surface area contributed by atoms with E-state index in [1.165, 1.54) is 0 Å². The first-order chi connectivity index (χ1) is 6.08. The van der Waals surface area contributed by atoms with Gasteiger partial charge in [-0.25, -0.2) is 9.59 Å². The molecule has 5 nitrogen and oxygen atoms in total. The van der Waals surface area contributed by atoms with Crippen LogP contribution in [0.1, 0.15) is 6.92 Å². The first-order valence-electron chi connectivity index (χ1n) is 3.39. The molecule has 0 heterocycles. The Morgan fingerprint density at radius 3 is 2.08 bits per heavy atom. The Balaban J connectivity index is 0. The van der Waals surface area contributed by atoms with Crippen molar-refractivity contribution in [3.8, 4) is 0 Å². The van der Waals surface area contributed by atoms with E-state index in [9.17, 15) is 9.59 Å². The van der Waals surface area contributed by atoms with Crippen molar-refractivity contribution in [3.05, 3.63) is 25.3 Å². The fourth-order valence-corrected chi connectivity index (χ4v) is 0.151. The van der Waals surface area contributed by atoms with Gasteiger partial charge in [0.2, 0.25) is 0 Å². The standard InChI is InChI=1S/C5H8O3.C3H4O2/c1-3-5(6)8-7-4-2;1-2-3(4)5/h3H,1,4H2,2H3;2H,1H2,(H,4,5). The van der Waals surface area contributed by atoms with Gasteiger partial charge >= 0.3 is 11.9 Å². The molecule has 1 N–H and O–H groups in total. The molecule has 0 fully saturated rings. The van der Waals surface area contributed by atoms with Crippen LogP contribution >= 0.6 is 0 Å². The third-order valence-corrected chi connectivity index (χ3v) is 0.600. The molecule has 0 saturated carbocycles. The van der Waals surface area contributed by atoms with Gasteiger partial charge in [0.25, 0.3) is 0 Å². The molecule has 0 aliphatic rings. The second kappa shape index (κ2) is 10.4. The van der Waals surface area contributed by atoms with Crippen LogP contribution in [0.4, 0.5) is 0 Å². The smallest absolute Gasteiger partial charge is 0.365 e. The van der Waals surface area contributed by atoms with Gasteiger partial charge < -0.3 is 5.11 Å². The summed E-state index contributed by atoms with van der Waals surface area (Å²) in [7, 11) is 0. The molecule has 0 aromatic rings. The summed E-state index contributed by atoms with van der Waals surface area (Å²) in [5, 5.41) is 7.60. The summed E-state index contributed by atoms with van der Waals surface area (Å²) in [6, 6.07) is 0. The number of carboxylic acid groups (broad SMARTS) is 1. The predicted octanol–water partition coefficient (Wildman–Crippen LogP) is 0.924. The van der Waals surface area contributed by atoms with E-state index in [1.54, 1.807) is 6.92 Å². The zero-order valence-electron chi connectivity index (χ0n) is 7.36. The number of rotatable bonds is 4. The molecule has 0 aliphatic carbocycles. The average molecular weight is 188 g/mol. The minimum absolute atomic E-state index is 0.361. The highest BCUT2D eigenvalue weighted by Crippen LogP contribution is 1.79. The number of hydrogen-bond donors (Lipinski definition) is 1. The lowest BCUT2D eigenvalue weighted by atomic mass is 10.7. The van der Waals surface area contributed by atoms with E-state index in [4.69, 9.17) is 5.11 Å². The Labute approximate surface area is 76.2 Å². The van der Waals surface area contributed by atoms with Crippen molar-refractivity contribution in [1.29, 1.82) is 0 Å². The first kappa shape index (κ1) is 13.9. The van der Waals surface area contributed by atoms with Gasteiger partial charge in [0.1, 0.15) is 0 Å². The Morgan fingerprint density at radius 1 is 1.38 bits per heavy atom. The highest BCUT2D eigenvalue weighted by atomic mass is 17.2. The van der Waals surface area contributed by atoms with Gasteiger partial charge in [0.15, 0.2) is 0 Å². The number of hydrogen-bond acceptors (Lipinski definition) is 4. The third-order valence-electron chi connectivity index (χ3n) is 0.600. The molecular formula is C8H12O5. The number of carbonyl (C=O) groups excluding carboxylic acids is 1. The molecule has 0 spiro atoms. The Morgan fingerprint density at radius 2 is 1.85 bits per heavy atom. The van der Waals surface area contributed by atoms with Crippen LogP contribution in [-0.4, -0.2) is 23.7 Å². The number of carboxylic acids is 1. The van der Waals surface area contributed by atoms with Crippen LogP contribution in [-0.2, 0) is 19.4 Å². The van der Waals surface area contributed by atoms with Crippen LogP contribution < -0.4 is 0 Å². The molecule has 0 bridgehead atoms. The van der Waals surface area contributed by atoms with Crippen molar-refractivity contribution in [1.82, 2.24) is 0 Å². The number of aliphatic carboxylic acids is 1. The maximum absolute atomic E-state index is 10.1. The van der Waals surface area contributed by atoms with Crippen LogP contribution in [0.5, 0.6) is 0 Å². The van der Waals surface area contributed by atoms with Gasteiger partial charge in [-0.1, -0.05) is 13.2 Å². The summed E-state index contributed by atoms with van der Waals surface area (Å²) < 4.78 is 0. The van der Waals surface area contributed by atoms with E-state index < -0.39 is 11.9 Å². The summed E-state index contributed by atoms with van der Waals surface area (Å²) in [5.74, 6) is -1.54. The first-order valence-corrected chi connectivity index (χ1v) is 3.39. The number of carbonyl (C=O) groups is 2. The molecule has 0 aromatic carbocycles. The Bertz CT molecular complexity index is 185. The summed E-state index contributed by atoms with van der Waals surface area (Å²) in [6.45, 7) is 8.20. The molecule has 0 aliphatic heterocycles. The molecular weight excluding hydrogens is 176 g/mol. The molecule has 0 unspecified atom stereocenters. The highest BCUT2D eigenvalue weighted by Gasteiger charge is 1.91. The average Bonchev–Trinajstić information content (AvgIpc) is 2.15. The normalized spacial score (nSPS) is 7.46. The highest BCUT2D eigenvalue weighted by molar-refractivity contribution is 5.80. The third kappa shape index (κ3) is 17.9. The molecule has 5 heteroatoms. The van der Waals surface area contributed by atoms with E-state index in [1.807, 2.05) is 0 Å². The Hall–Kier alpha value is -1.62. The van der Waals surface area contributed by atoms with Crippen molar-refractivity contribution in [2.24, 2.45) is 0 Å². The van der Waals surface area contributed by atoms with E-state index in [-0.39, 0.29) is 0 Å². The summed E-state index contributed by atoms with van der Waals surface area (Å²) >= 11 is 0. The molecule has 0 amide bonds. The zero-order valence-corrected chi connectivity index (χ0v) is 7.36. The topological polar surface area (TPSA) is 72.8 Å². The van der Waals surface area contributed by atoms with Crippen molar-refractivity contribution in [3.63, 3.8) is 0 Å². The quantitative estimate of drug-likeness (QED) is 0.403. The van der Waals surface area contributed by atoms with Crippen LogP contribution in [0, 0.1) is 0 Å². The second-order valence-corrected chi connectivity index (χ2v) is 1.56. The molecule has 0 saturated heterocycles. The molecule has 0 radical (unpaired) electrons. The molecule has 0 aromatic heterocycles. The van der Waals surface area contributed by atoms with Crippen molar-refractivity contribution >= 4 is 11.9 Å². The minimum atomic E-state index is -0.981. The zero-order chi connectivity index (χ0) is 10.7. The second-order valence-electron chi connectivity index (χ2n) is 1.56. The van der Waals surface area contributed by atoms with Crippen molar-refractivity contribution in [2.75, 3.05) is 6.61 Å². The van der Waals surface area contributed by atoms with Gasteiger partial charge in [-0.2, -0.15) is 4.89 Å². The summed E-state index contributed by atoms with van der Waals surface area (Å²) in [6.07, 6.45) is 1.87.